The number of rotatable bonds is 13. The molecule has 16 nitrogen and oxygen atoms in total. The molecule has 234 valence electrons. The molecule has 4 aromatic heterocycles. The number of nitrogens with two attached hydrogens (primary N) is 3. The number of carbonyl (C=O) groups excluding carboxylic acids is 3. The summed E-state index contributed by atoms with van der Waals surface area (Å²) in [5, 5.41) is 10.3. The third-order valence-electron chi connectivity index (χ3n) is 6.96. The largest absolute Gasteiger partial charge is 0.490 e. The molecule has 8 N–H and O–H groups in total. The van der Waals surface area contributed by atoms with Crippen LogP contribution in [0.5, 0.6) is 5.75 Å². The molecule has 0 spiro atoms. The molecule has 0 atom stereocenters. The maximum Gasteiger partial charge on any atom is 0.276 e. The second-order valence-corrected chi connectivity index (χ2v) is 10.0. The first kappa shape index (κ1) is 30.7. The fourth-order valence-electron chi connectivity index (χ4n) is 4.93. The van der Waals surface area contributed by atoms with E-state index in [1.54, 1.807) is 34.5 Å². The highest BCUT2D eigenvalue weighted by atomic mass is 16.5. The van der Waals surface area contributed by atoms with Crippen LogP contribution >= 0.6 is 0 Å². The van der Waals surface area contributed by atoms with Gasteiger partial charge in [-0.3, -0.25) is 28.9 Å². The summed E-state index contributed by atoms with van der Waals surface area (Å²) < 4.78 is 11.1. The number of anilines is 2. The van der Waals surface area contributed by atoms with Crippen molar-refractivity contribution in [3.63, 3.8) is 0 Å². The van der Waals surface area contributed by atoms with Gasteiger partial charge < -0.3 is 31.8 Å². The number of allylic oxidation sites excluding steroid dienone is 2. The molecule has 0 aliphatic carbocycles. The van der Waals surface area contributed by atoms with Gasteiger partial charge in [-0.25, -0.2) is 15.0 Å². The standard InChI is InChI=1S/C29H34N12O4/c1-4-41-21(11-16(2)38-41)27(44)37-29-36-20-13-18(25(32)43)15-34-26(20)40(29)9-6-5-8-39-23-19(35-28(39)33-3)12-17(24(31)42)14-22(23)45-10-7-30/h5-6,11-15H,4,7-10,30H2,1-3H3,(H2,31,42)(H2,32,43)(H,33,35)(H,36,37,44)/b6-5+. The summed E-state index contributed by atoms with van der Waals surface area (Å²) in [5.41, 5.74) is 20.2. The maximum absolute atomic E-state index is 13.3. The van der Waals surface area contributed by atoms with Gasteiger partial charge in [-0.1, -0.05) is 12.2 Å². The molecule has 0 saturated carbocycles. The smallest absolute Gasteiger partial charge is 0.276 e. The molecule has 16 heteroatoms. The average molecular weight is 615 g/mol. The summed E-state index contributed by atoms with van der Waals surface area (Å²) in [6, 6.07) is 6.41. The number of pyridine rings is 1. The Morgan fingerprint density at radius 2 is 1.64 bits per heavy atom. The number of hydrogen-bond acceptors (Lipinski definition) is 10. The lowest BCUT2D eigenvalue weighted by molar-refractivity contribution is 0.0991. The quantitative estimate of drug-likeness (QED) is 0.120. The number of aryl methyl sites for hydroxylation is 2. The van der Waals surface area contributed by atoms with Crippen molar-refractivity contribution in [1.82, 2.24) is 33.9 Å². The van der Waals surface area contributed by atoms with Crippen LogP contribution in [0.3, 0.4) is 0 Å². The van der Waals surface area contributed by atoms with Crippen LogP contribution in [0.25, 0.3) is 22.2 Å². The molecule has 0 unspecified atom stereocenters. The van der Waals surface area contributed by atoms with Crippen LogP contribution in [-0.4, -0.2) is 71.8 Å². The molecular formula is C29H34N12O4. The molecular weight excluding hydrogens is 580 g/mol. The van der Waals surface area contributed by atoms with E-state index in [4.69, 9.17) is 21.9 Å². The predicted molar refractivity (Wildman–Crippen MR) is 168 cm³/mol. The zero-order valence-corrected chi connectivity index (χ0v) is 25.1. The van der Waals surface area contributed by atoms with Gasteiger partial charge in [0.15, 0.2) is 5.65 Å². The topological polar surface area (TPSA) is 229 Å². The second kappa shape index (κ2) is 12.8. The van der Waals surface area contributed by atoms with Gasteiger partial charge in [-0.15, -0.1) is 0 Å². The van der Waals surface area contributed by atoms with Gasteiger partial charge in [0.25, 0.3) is 5.91 Å². The van der Waals surface area contributed by atoms with Crippen LogP contribution in [-0.2, 0) is 19.6 Å². The first-order valence-corrected chi connectivity index (χ1v) is 14.2. The molecule has 0 aliphatic rings. The highest BCUT2D eigenvalue weighted by molar-refractivity contribution is 6.03. The van der Waals surface area contributed by atoms with E-state index in [1.165, 1.54) is 12.3 Å². The molecule has 1 aromatic carbocycles. The number of hydrogen-bond donors (Lipinski definition) is 5. The normalized spacial score (nSPS) is 11.5. The number of imidazole rings is 2. The summed E-state index contributed by atoms with van der Waals surface area (Å²) >= 11 is 0. The minimum atomic E-state index is -0.641. The fraction of sp³-hybridized carbons (Fsp3) is 0.276. The minimum absolute atomic E-state index is 0.194. The Morgan fingerprint density at radius 1 is 0.956 bits per heavy atom. The van der Waals surface area contributed by atoms with Crippen molar-refractivity contribution in [2.45, 2.75) is 33.5 Å². The molecule has 45 heavy (non-hydrogen) atoms. The van der Waals surface area contributed by atoms with E-state index in [9.17, 15) is 14.4 Å². The average Bonchev–Trinajstić information content (AvgIpc) is 3.69. The molecule has 0 bridgehead atoms. The molecule has 5 rings (SSSR count). The lowest BCUT2D eigenvalue weighted by atomic mass is 10.1. The van der Waals surface area contributed by atoms with Crippen molar-refractivity contribution in [3.8, 4) is 5.75 Å². The lowest BCUT2D eigenvalue weighted by Gasteiger charge is -2.12. The fourth-order valence-corrected chi connectivity index (χ4v) is 4.93. The van der Waals surface area contributed by atoms with Gasteiger partial charge in [-0.2, -0.15) is 5.10 Å². The number of aromatic nitrogens is 7. The van der Waals surface area contributed by atoms with Gasteiger partial charge >= 0.3 is 0 Å². The van der Waals surface area contributed by atoms with Gasteiger partial charge in [0.05, 0.1) is 16.8 Å². The summed E-state index contributed by atoms with van der Waals surface area (Å²) in [5.74, 6) is -0.435. The summed E-state index contributed by atoms with van der Waals surface area (Å²) in [6.07, 6.45) is 5.15. The van der Waals surface area contributed by atoms with E-state index < -0.39 is 17.7 Å². The summed E-state index contributed by atoms with van der Waals surface area (Å²) in [6.45, 7) is 5.37. The molecule has 0 fully saturated rings. The number of nitrogens with zero attached hydrogens (tertiary/aromatic N) is 7. The zero-order valence-electron chi connectivity index (χ0n) is 25.1. The number of ether oxygens (including phenoxy) is 1. The van der Waals surface area contributed by atoms with Gasteiger partial charge in [0.1, 0.15) is 29.1 Å². The first-order valence-electron chi connectivity index (χ1n) is 14.2. The number of carbonyl (C=O) groups is 3. The van der Waals surface area contributed by atoms with Crippen LogP contribution in [0.15, 0.2) is 42.6 Å². The lowest BCUT2D eigenvalue weighted by Crippen LogP contribution is -2.20. The molecule has 3 amide bonds. The number of primary amides is 2. The molecule has 5 aromatic rings. The minimum Gasteiger partial charge on any atom is -0.490 e. The van der Waals surface area contributed by atoms with Crippen LogP contribution in [0, 0.1) is 6.92 Å². The van der Waals surface area contributed by atoms with Crippen molar-refractivity contribution in [2.24, 2.45) is 17.2 Å². The van der Waals surface area contributed by atoms with Crippen LogP contribution in [0.4, 0.5) is 11.9 Å². The number of fused-ring (bicyclic) bond motifs is 2. The summed E-state index contributed by atoms with van der Waals surface area (Å²) in [7, 11) is 1.74. The van der Waals surface area contributed by atoms with Crippen molar-refractivity contribution in [1.29, 1.82) is 0 Å². The van der Waals surface area contributed by atoms with E-state index in [2.05, 4.69) is 30.7 Å². The Balaban J connectivity index is 1.48. The Kier molecular flexibility index (Phi) is 8.76. The Labute approximate surface area is 257 Å². The van der Waals surface area contributed by atoms with E-state index >= 15 is 0 Å². The number of nitrogens with one attached hydrogen (secondary N) is 2. The van der Waals surface area contributed by atoms with E-state index in [0.717, 1.165) is 0 Å². The molecule has 0 radical (unpaired) electrons. The van der Waals surface area contributed by atoms with E-state index in [0.29, 0.717) is 58.4 Å². The predicted octanol–water partition coefficient (Wildman–Crippen LogP) is 1.39. The van der Waals surface area contributed by atoms with Crippen LogP contribution in [0.1, 0.15) is 43.8 Å². The second-order valence-electron chi connectivity index (χ2n) is 10.0. The molecule has 4 heterocycles. The van der Waals surface area contributed by atoms with Gasteiger partial charge in [-0.05, 0) is 38.1 Å². The van der Waals surface area contributed by atoms with Crippen LogP contribution < -0.4 is 32.6 Å². The van der Waals surface area contributed by atoms with Crippen molar-refractivity contribution in [2.75, 3.05) is 30.8 Å². The summed E-state index contributed by atoms with van der Waals surface area (Å²) in [4.78, 5) is 50.5. The Bertz CT molecular complexity index is 1950. The van der Waals surface area contributed by atoms with Crippen molar-refractivity contribution in [3.05, 3.63) is 65.1 Å². The third kappa shape index (κ3) is 6.16. The SMILES string of the molecule is CCn1nc(C)cc1C(=O)Nc1nc2cc(C(N)=O)cnc2n1C/C=C/Cn1c(NC)nc2cc(C(N)=O)cc(OCCN)c21. The monoisotopic (exact) mass is 614 g/mol. The zero-order chi connectivity index (χ0) is 32.2. The van der Waals surface area contributed by atoms with Gasteiger partial charge in [0.2, 0.25) is 23.7 Å². The van der Waals surface area contributed by atoms with Crippen molar-refractivity contribution >= 4 is 51.8 Å². The third-order valence-corrected chi connectivity index (χ3v) is 6.96. The van der Waals surface area contributed by atoms with Gasteiger partial charge in [0, 0.05) is 45.0 Å². The Hall–Kier alpha value is -5.77. The van der Waals surface area contributed by atoms with E-state index in [1.807, 2.05) is 30.6 Å². The van der Waals surface area contributed by atoms with E-state index in [-0.39, 0.29) is 36.8 Å². The highest BCUT2D eigenvalue weighted by Gasteiger charge is 2.20. The Morgan fingerprint density at radius 3 is 2.31 bits per heavy atom. The maximum atomic E-state index is 13.3. The first-order chi connectivity index (χ1) is 21.6. The number of amides is 3. The van der Waals surface area contributed by atoms with Crippen LogP contribution in [0.2, 0.25) is 0 Å². The molecule has 0 aliphatic heterocycles. The highest BCUT2D eigenvalue weighted by Crippen LogP contribution is 2.31. The van der Waals surface area contributed by atoms with Crippen molar-refractivity contribution < 1.29 is 19.1 Å². The number of benzene rings is 1. The molecule has 0 saturated heterocycles.